The number of imide groups is 1. The van der Waals surface area contributed by atoms with E-state index in [0.717, 1.165) is 4.90 Å². The summed E-state index contributed by atoms with van der Waals surface area (Å²) in [7, 11) is 1.31. The van der Waals surface area contributed by atoms with E-state index in [9.17, 15) is 24.0 Å². The lowest BCUT2D eigenvalue weighted by atomic mass is 10.1. The molecule has 6 amide bonds. The van der Waals surface area contributed by atoms with Crippen LogP contribution in [0.15, 0.2) is 12.5 Å². The smallest absolute Gasteiger partial charge is 0.324 e. The second kappa shape index (κ2) is 13.1. The molecule has 2 aliphatic rings. The van der Waals surface area contributed by atoms with E-state index < -0.39 is 47.8 Å². The Kier molecular flexibility index (Phi) is 12.5. The molecule has 33 heavy (non-hydrogen) atoms. The first-order chi connectivity index (χ1) is 13.8. The van der Waals surface area contributed by atoms with Gasteiger partial charge in [0.05, 0.1) is 18.4 Å². The van der Waals surface area contributed by atoms with Crippen LogP contribution in [-0.4, -0.2) is 103 Å². The van der Waals surface area contributed by atoms with E-state index in [4.69, 9.17) is 5.73 Å². The predicted octanol–water partition coefficient (Wildman–Crippen LogP) is -5.45. The summed E-state index contributed by atoms with van der Waals surface area (Å²) in [6.45, 7) is 0.350. The van der Waals surface area contributed by atoms with E-state index in [1.807, 2.05) is 0 Å². The summed E-state index contributed by atoms with van der Waals surface area (Å²) in [5.41, 5.74) is 5.93. The third-order valence-electron chi connectivity index (χ3n) is 5.12. The Morgan fingerprint density at radius 3 is 2.45 bits per heavy atom. The van der Waals surface area contributed by atoms with Crippen LogP contribution in [0.5, 0.6) is 0 Å². The third kappa shape index (κ3) is 6.94. The number of urea groups is 1. The SMILES string of the molecule is CN1C(=O)C[C@@H](C(=O)N[C@@H](Cc2c[nH]cn2)C(=O)N2CCC[C@H]2C(N)=O)NC1=O.O.O.O.O. The zero-order chi connectivity index (χ0) is 21.1. The van der Waals surface area contributed by atoms with E-state index in [0.29, 0.717) is 25.1 Å². The van der Waals surface area contributed by atoms with Crippen LogP contribution in [0.1, 0.15) is 25.0 Å². The van der Waals surface area contributed by atoms with Crippen molar-refractivity contribution in [2.75, 3.05) is 13.6 Å². The molecule has 3 rings (SSSR count). The second-order valence-corrected chi connectivity index (χ2v) is 7.08. The fraction of sp³-hybridized carbons (Fsp3) is 0.529. The molecule has 0 saturated carbocycles. The van der Waals surface area contributed by atoms with Crippen molar-refractivity contribution in [1.82, 2.24) is 30.4 Å². The van der Waals surface area contributed by atoms with Crippen LogP contribution in [0.3, 0.4) is 0 Å². The number of nitrogens with two attached hydrogens (primary N) is 1. The summed E-state index contributed by atoms with van der Waals surface area (Å²) in [6, 6.07) is -3.54. The van der Waals surface area contributed by atoms with E-state index in [-0.39, 0.29) is 34.7 Å². The van der Waals surface area contributed by atoms with Crippen molar-refractivity contribution in [3.8, 4) is 0 Å². The Labute approximate surface area is 188 Å². The Bertz CT molecular complexity index is 815. The molecule has 3 heterocycles. The van der Waals surface area contributed by atoms with Crippen LogP contribution in [-0.2, 0) is 25.6 Å². The number of imidazole rings is 1. The quantitative estimate of drug-likeness (QED) is 0.309. The molecule has 2 aliphatic heterocycles. The van der Waals surface area contributed by atoms with Crippen molar-refractivity contribution in [3.63, 3.8) is 0 Å². The number of rotatable bonds is 6. The molecule has 1 aromatic rings. The number of amides is 6. The number of aromatic amines is 1. The number of likely N-dealkylation sites (tertiary alicyclic amines) is 1. The first kappa shape index (κ1) is 31.6. The monoisotopic (exact) mass is 477 g/mol. The van der Waals surface area contributed by atoms with Gasteiger partial charge in [0, 0.05) is 26.2 Å². The van der Waals surface area contributed by atoms with Gasteiger partial charge in [-0.05, 0) is 12.8 Å². The van der Waals surface area contributed by atoms with E-state index in [1.54, 1.807) is 6.20 Å². The minimum Gasteiger partial charge on any atom is -0.412 e. The van der Waals surface area contributed by atoms with Crippen LogP contribution in [0.2, 0.25) is 0 Å². The average molecular weight is 477 g/mol. The molecule has 13 N–H and O–H groups in total. The van der Waals surface area contributed by atoms with Gasteiger partial charge in [-0.2, -0.15) is 0 Å². The van der Waals surface area contributed by atoms with Crippen molar-refractivity contribution in [2.45, 2.75) is 43.8 Å². The van der Waals surface area contributed by atoms with Crippen molar-refractivity contribution >= 4 is 29.7 Å². The molecule has 16 heteroatoms. The van der Waals surface area contributed by atoms with E-state index >= 15 is 0 Å². The molecule has 0 radical (unpaired) electrons. The molecular formula is C17H31N7O9. The van der Waals surface area contributed by atoms with Gasteiger partial charge in [-0.1, -0.05) is 0 Å². The number of primary amides is 1. The lowest BCUT2D eigenvalue weighted by Gasteiger charge is -2.31. The van der Waals surface area contributed by atoms with Gasteiger partial charge in [0.15, 0.2) is 0 Å². The van der Waals surface area contributed by atoms with Crippen molar-refractivity contribution < 1.29 is 45.9 Å². The molecule has 0 spiro atoms. The highest BCUT2D eigenvalue weighted by Crippen LogP contribution is 2.19. The number of nitrogens with one attached hydrogen (secondary N) is 3. The lowest BCUT2D eigenvalue weighted by Crippen LogP contribution is -2.61. The molecule has 0 aliphatic carbocycles. The molecule has 2 saturated heterocycles. The van der Waals surface area contributed by atoms with Gasteiger partial charge in [-0.25, -0.2) is 9.78 Å². The number of H-pyrrole nitrogens is 1. The van der Waals surface area contributed by atoms with Gasteiger partial charge in [-0.3, -0.25) is 24.1 Å². The van der Waals surface area contributed by atoms with E-state index in [1.165, 1.54) is 18.3 Å². The molecule has 188 valence electrons. The Hall–Kier alpha value is -3.60. The maximum absolute atomic E-state index is 13.1. The Morgan fingerprint density at radius 1 is 1.24 bits per heavy atom. The van der Waals surface area contributed by atoms with Crippen LogP contribution >= 0.6 is 0 Å². The minimum atomic E-state index is -1.09. The summed E-state index contributed by atoms with van der Waals surface area (Å²) in [4.78, 5) is 70.2. The Balaban J connectivity index is 0. The third-order valence-corrected chi connectivity index (χ3v) is 5.12. The molecule has 1 aromatic heterocycles. The first-order valence-corrected chi connectivity index (χ1v) is 9.22. The van der Waals surface area contributed by atoms with Crippen LogP contribution in [0.25, 0.3) is 0 Å². The van der Waals surface area contributed by atoms with Crippen LogP contribution in [0, 0.1) is 0 Å². The summed E-state index contributed by atoms with van der Waals surface area (Å²) in [6.07, 6.45) is 3.97. The largest absolute Gasteiger partial charge is 0.412 e. The molecule has 16 nitrogen and oxygen atoms in total. The predicted molar refractivity (Wildman–Crippen MR) is 112 cm³/mol. The highest BCUT2D eigenvalue weighted by atomic mass is 16.2. The Morgan fingerprint density at radius 2 is 1.91 bits per heavy atom. The number of hydrogen-bond donors (Lipinski definition) is 4. The zero-order valence-electron chi connectivity index (χ0n) is 17.9. The van der Waals surface area contributed by atoms with Gasteiger partial charge in [-0.15, -0.1) is 0 Å². The minimum absolute atomic E-state index is 0. The van der Waals surface area contributed by atoms with Crippen molar-refractivity contribution in [2.24, 2.45) is 5.73 Å². The molecule has 2 fully saturated rings. The van der Waals surface area contributed by atoms with Crippen LogP contribution in [0.4, 0.5) is 4.79 Å². The standard InChI is InChI=1S/C17H23N7O5.4H2O/c1-23-13(25)6-10(22-17(23)29)15(27)21-11(5-9-7-19-8-20-9)16(28)24-4-2-3-12(24)14(18)26;;;;/h7-8,10-12H,2-6H2,1H3,(H2,18,26)(H,19,20)(H,21,27)(H,22,29);4*1H2/t10-,11-,12-;;;;/m0..../s1. The first-order valence-electron chi connectivity index (χ1n) is 9.22. The maximum Gasteiger partial charge on any atom is 0.324 e. The molecule has 3 atom stereocenters. The second-order valence-electron chi connectivity index (χ2n) is 7.08. The average Bonchev–Trinajstić information content (AvgIpc) is 3.36. The number of carbonyl (C=O) groups excluding carboxylic acids is 5. The van der Waals surface area contributed by atoms with Gasteiger partial charge < -0.3 is 48.2 Å². The van der Waals surface area contributed by atoms with Gasteiger partial charge in [0.25, 0.3) is 0 Å². The number of hydrogen-bond acceptors (Lipinski definition) is 6. The van der Waals surface area contributed by atoms with Gasteiger partial charge >= 0.3 is 6.03 Å². The summed E-state index contributed by atoms with van der Waals surface area (Å²) >= 11 is 0. The van der Waals surface area contributed by atoms with Crippen molar-refractivity contribution in [1.29, 1.82) is 0 Å². The fourth-order valence-electron chi connectivity index (χ4n) is 3.49. The summed E-state index contributed by atoms with van der Waals surface area (Å²) in [5, 5.41) is 5.02. The summed E-state index contributed by atoms with van der Waals surface area (Å²) < 4.78 is 0. The lowest BCUT2D eigenvalue weighted by molar-refractivity contribution is -0.141. The number of nitrogens with zero attached hydrogens (tertiary/aromatic N) is 3. The topological polar surface area (TPSA) is 297 Å². The zero-order valence-corrected chi connectivity index (χ0v) is 17.9. The summed E-state index contributed by atoms with van der Waals surface area (Å²) in [5.74, 6) is -2.23. The normalized spacial score (nSPS) is 20.2. The van der Waals surface area contributed by atoms with Crippen LogP contribution < -0.4 is 16.4 Å². The molecule has 0 unspecified atom stereocenters. The number of aromatic nitrogens is 2. The van der Waals surface area contributed by atoms with Gasteiger partial charge in [0.1, 0.15) is 18.1 Å². The van der Waals surface area contributed by atoms with Crippen molar-refractivity contribution in [3.05, 3.63) is 18.2 Å². The molecular weight excluding hydrogens is 446 g/mol. The highest BCUT2D eigenvalue weighted by molar-refractivity contribution is 6.03. The molecule has 0 bridgehead atoms. The highest BCUT2D eigenvalue weighted by Gasteiger charge is 2.39. The fourth-order valence-corrected chi connectivity index (χ4v) is 3.49. The van der Waals surface area contributed by atoms with Gasteiger partial charge in [0.2, 0.25) is 23.6 Å². The number of carbonyl (C=O) groups is 5. The molecule has 0 aromatic carbocycles. The van der Waals surface area contributed by atoms with E-state index in [2.05, 4.69) is 20.6 Å². The maximum atomic E-state index is 13.1.